The number of nitrogens with zero attached hydrogens (tertiary/aromatic N) is 1. The van der Waals surface area contributed by atoms with Crippen LogP contribution in [-0.4, -0.2) is 28.6 Å². The van der Waals surface area contributed by atoms with Crippen molar-refractivity contribution in [1.29, 1.82) is 0 Å². The number of aliphatic hydroxyl groups excluding tert-OH is 1. The Bertz CT molecular complexity index is 383. The predicted molar refractivity (Wildman–Crippen MR) is 74.7 cm³/mol. The van der Waals surface area contributed by atoms with Crippen LogP contribution >= 0.6 is 22.6 Å². The van der Waals surface area contributed by atoms with Gasteiger partial charge in [-0.15, -0.1) is 0 Å². The monoisotopic (exact) mass is 348 g/mol. The van der Waals surface area contributed by atoms with E-state index in [2.05, 4.69) is 32.9 Å². The summed E-state index contributed by atoms with van der Waals surface area (Å²) < 4.78 is 0.826. The quantitative estimate of drug-likeness (QED) is 0.798. The standard InChI is InChI=1S/C12H17IN2O2/c1-8(2)11(16)4-6-15-12(17)9-3-5-14-7-10(9)13/h3,5,7-8,11,16H,4,6H2,1-2H3,(H,15,17). The lowest BCUT2D eigenvalue weighted by Crippen LogP contribution is -2.29. The minimum absolute atomic E-state index is 0.118. The number of hydrogen-bond acceptors (Lipinski definition) is 3. The normalized spacial score (nSPS) is 12.5. The Kier molecular flexibility index (Phi) is 5.84. The average molecular weight is 348 g/mol. The van der Waals surface area contributed by atoms with Gasteiger partial charge in [0.05, 0.1) is 11.7 Å². The molecule has 1 amide bonds. The SMILES string of the molecule is CC(C)C(O)CCNC(=O)c1ccncc1I. The van der Waals surface area contributed by atoms with Crippen molar-refractivity contribution in [3.8, 4) is 0 Å². The van der Waals surface area contributed by atoms with Crippen LogP contribution in [0, 0.1) is 9.49 Å². The van der Waals surface area contributed by atoms with E-state index in [1.165, 1.54) is 0 Å². The Hall–Kier alpha value is -0.690. The molecule has 0 saturated heterocycles. The number of amides is 1. The van der Waals surface area contributed by atoms with Gasteiger partial charge in [-0.2, -0.15) is 0 Å². The van der Waals surface area contributed by atoms with E-state index in [0.29, 0.717) is 18.5 Å². The van der Waals surface area contributed by atoms with Gasteiger partial charge >= 0.3 is 0 Å². The summed E-state index contributed by atoms with van der Waals surface area (Å²) >= 11 is 2.08. The van der Waals surface area contributed by atoms with Crippen molar-refractivity contribution in [2.75, 3.05) is 6.54 Å². The minimum Gasteiger partial charge on any atom is -0.393 e. The number of halogens is 1. The third-order valence-electron chi connectivity index (χ3n) is 2.51. The third kappa shape index (κ3) is 4.59. The number of aliphatic hydroxyl groups is 1. The predicted octanol–water partition coefficient (Wildman–Crippen LogP) is 1.82. The Balaban J connectivity index is 2.43. The number of carbonyl (C=O) groups is 1. The molecule has 5 heteroatoms. The molecule has 0 radical (unpaired) electrons. The molecule has 1 aromatic rings. The molecule has 94 valence electrons. The highest BCUT2D eigenvalue weighted by Gasteiger charge is 2.11. The van der Waals surface area contributed by atoms with Gasteiger partial charge in [-0.25, -0.2) is 0 Å². The van der Waals surface area contributed by atoms with Crippen LogP contribution in [0.15, 0.2) is 18.5 Å². The van der Waals surface area contributed by atoms with Crippen LogP contribution in [0.4, 0.5) is 0 Å². The Labute approximate surface area is 115 Å². The second-order valence-corrected chi connectivity index (χ2v) is 5.37. The highest BCUT2D eigenvalue weighted by Crippen LogP contribution is 2.09. The van der Waals surface area contributed by atoms with E-state index in [1.807, 2.05) is 13.8 Å². The van der Waals surface area contributed by atoms with Crippen LogP contribution < -0.4 is 5.32 Å². The fourth-order valence-corrected chi connectivity index (χ4v) is 1.91. The van der Waals surface area contributed by atoms with Crippen molar-refractivity contribution < 1.29 is 9.90 Å². The molecular weight excluding hydrogens is 331 g/mol. The molecule has 0 aliphatic rings. The van der Waals surface area contributed by atoms with Crippen LogP contribution in [0.1, 0.15) is 30.6 Å². The van der Waals surface area contributed by atoms with Crippen molar-refractivity contribution >= 4 is 28.5 Å². The molecule has 0 aliphatic heterocycles. The molecule has 1 aromatic heterocycles. The second kappa shape index (κ2) is 6.90. The summed E-state index contributed by atoms with van der Waals surface area (Å²) in [6.07, 6.45) is 3.45. The topological polar surface area (TPSA) is 62.2 Å². The molecule has 1 rings (SSSR count). The van der Waals surface area contributed by atoms with E-state index < -0.39 is 0 Å². The average Bonchev–Trinajstić information content (AvgIpc) is 2.29. The van der Waals surface area contributed by atoms with Crippen LogP contribution in [0.5, 0.6) is 0 Å². The number of aromatic nitrogens is 1. The van der Waals surface area contributed by atoms with Gasteiger partial charge in [-0.3, -0.25) is 9.78 Å². The Morgan fingerprint density at radius 2 is 2.29 bits per heavy atom. The number of hydrogen-bond donors (Lipinski definition) is 2. The zero-order chi connectivity index (χ0) is 12.8. The first-order valence-electron chi connectivity index (χ1n) is 5.58. The first-order valence-corrected chi connectivity index (χ1v) is 6.66. The summed E-state index contributed by atoms with van der Waals surface area (Å²) in [7, 11) is 0. The van der Waals surface area contributed by atoms with Crippen molar-refractivity contribution in [3.05, 3.63) is 27.6 Å². The fourth-order valence-electron chi connectivity index (χ4n) is 1.32. The van der Waals surface area contributed by atoms with Gasteiger partial charge in [0.2, 0.25) is 0 Å². The summed E-state index contributed by atoms with van der Waals surface area (Å²) in [5, 5.41) is 12.4. The van der Waals surface area contributed by atoms with Gasteiger partial charge in [0, 0.05) is 22.5 Å². The van der Waals surface area contributed by atoms with Crippen molar-refractivity contribution in [2.45, 2.75) is 26.4 Å². The molecule has 0 saturated carbocycles. The van der Waals surface area contributed by atoms with Crippen molar-refractivity contribution in [2.24, 2.45) is 5.92 Å². The maximum absolute atomic E-state index is 11.8. The lowest BCUT2D eigenvalue weighted by atomic mass is 10.0. The molecule has 17 heavy (non-hydrogen) atoms. The van der Waals surface area contributed by atoms with E-state index in [1.54, 1.807) is 18.5 Å². The molecule has 0 fully saturated rings. The van der Waals surface area contributed by atoms with Crippen LogP contribution in [0.25, 0.3) is 0 Å². The highest BCUT2D eigenvalue weighted by molar-refractivity contribution is 14.1. The summed E-state index contributed by atoms with van der Waals surface area (Å²) in [4.78, 5) is 15.7. The van der Waals surface area contributed by atoms with Gasteiger partial charge < -0.3 is 10.4 Å². The van der Waals surface area contributed by atoms with Gasteiger partial charge in [0.1, 0.15) is 0 Å². The van der Waals surface area contributed by atoms with Crippen LogP contribution in [-0.2, 0) is 0 Å². The first kappa shape index (κ1) is 14.4. The van der Waals surface area contributed by atoms with E-state index in [-0.39, 0.29) is 17.9 Å². The van der Waals surface area contributed by atoms with Gasteiger partial charge in [-0.05, 0) is 41.0 Å². The smallest absolute Gasteiger partial charge is 0.252 e. The van der Waals surface area contributed by atoms with E-state index in [9.17, 15) is 9.90 Å². The number of carbonyl (C=O) groups excluding carboxylic acids is 1. The lowest BCUT2D eigenvalue weighted by molar-refractivity contribution is 0.0919. The number of nitrogens with one attached hydrogen (secondary N) is 1. The third-order valence-corrected chi connectivity index (χ3v) is 3.37. The molecule has 1 unspecified atom stereocenters. The van der Waals surface area contributed by atoms with Crippen LogP contribution in [0.2, 0.25) is 0 Å². The van der Waals surface area contributed by atoms with E-state index in [4.69, 9.17) is 0 Å². The maximum Gasteiger partial charge on any atom is 0.252 e. The first-order chi connectivity index (χ1) is 8.02. The van der Waals surface area contributed by atoms with Crippen molar-refractivity contribution in [3.63, 3.8) is 0 Å². The fraction of sp³-hybridized carbons (Fsp3) is 0.500. The molecule has 0 aliphatic carbocycles. The highest BCUT2D eigenvalue weighted by atomic mass is 127. The summed E-state index contributed by atoms with van der Waals surface area (Å²) in [5.74, 6) is 0.0979. The lowest BCUT2D eigenvalue weighted by Gasteiger charge is -2.14. The Morgan fingerprint density at radius 1 is 1.59 bits per heavy atom. The number of rotatable bonds is 5. The largest absolute Gasteiger partial charge is 0.393 e. The molecule has 0 spiro atoms. The van der Waals surface area contributed by atoms with Crippen LogP contribution in [0.3, 0.4) is 0 Å². The van der Waals surface area contributed by atoms with E-state index in [0.717, 1.165) is 3.57 Å². The molecule has 0 aromatic carbocycles. The minimum atomic E-state index is -0.369. The molecule has 4 nitrogen and oxygen atoms in total. The maximum atomic E-state index is 11.8. The van der Waals surface area contributed by atoms with E-state index >= 15 is 0 Å². The Morgan fingerprint density at radius 3 is 2.88 bits per heavy atom. The molecular formula is C12H17IN2O2. The molecule has 2 N–H and O–H groups in total. The molecule has 1 atom stereocenters. The molecule has 1 heterocycles. The molecule has 0 bridgehead atoms. The number of pyridine rings is 1. The second-order valence-electron chi connectivity index (χ2n) is 4.21. The summed E-state index contributed by atoms with van der Waals surface area (Å²) in [6, 6.07) is 1.69. The zero-order valence-electron chi connectivity index (χ0n) is 9.98. The van der Waals surface area contributed by atoms with Gasteiger partial charge in [0.25, 0.3) is 5.91 Å². The summed E-state index contributed by atoms with van der Waals surface area (Å²) in [6.45, 7) is 4.40. The summed E-state index contributed by atoms with van der Waals surface area (Å²) in [5.41, 5.74) is 0.625. The van der Waals surface area contributed by atoms with Crippen molar-refractivity contribution in [1.82, 2.24) is 10.3 Å². The van der Waals surface area contributed by atoms with Gasteiger partial charge in [-0.1, -0.05) is 13.8 Å². The zero-order valence-corrected chi connectivity index (χ0v) is 12.1. The van der Waals surface area contributed by atoms with Gasteiger partial charge in [0.15, 0.2) is 0 Å².